The average Bonchev–Trinajstić information content (AvgIpc) is 2.26. The zero-order valence-corrected chi connectivity index (χ0v) is 11.7. The Labute approximate surface area is 113 Å². The smallest absolute Gasteiger partial charge is 0.251 e. The van der Waals surface area contributed by atoms with Gasteiger partial charge in [-0.25, -0.2) is 8.78 Å². The lowest BCUT2D eigenvalue weighted by atomic mass is 10.0. The van der Waals surface area contributed by atoms with Gasteiger partial charge >= 0.3 is 0 Å². The van der Waals surface area contributed by atoms with E-state index in [0.717, 1.165) is 37.5 Å². The first-order valence-corrected chi connectivity index (χ1v) is 6.65. The van der Waals surface area contributed by atoms with Crippen LogP contribution in [-0.2, 0) is 0 Å². The Hall–Kier alpha value is -1.45. The molecule has 19 heavy (non-hydrogen) atoms. The molecule has 0 aliphatic carbocycles. The molecule has 0 bridgehead atoms. The summed E-state index contributed by atoms with van der Waals surface area (Å²) in [6.07, 6.45) is 2.99. The van der Waals surface area contributed by atoms with Crippen molar-refractivity contribution in [3.8, 4) is 0 Å². The third-order valence-corrected chi connectivity index (χ3v) is 2.92. The number of carbonyl (C=O) groups excluding carboxylic acids is 1. The van der Waals surface area contributed by atoms with Crippen molar-refractivity contribution in [1.29, 1.82) is 0 Å². The quantitative estimate of drug-likeness (QED) is 0.833. The minimum absolute atomic E-state index is 0.00224. The van der Waals surface area contributed by atoms with Crippen LogP contribution in [0.15, 0.2) is 18.2 Å². The summed E-state index contributed by atoms with van der Waals surface area (Å²) < 4.78 is 26.0. The number of hydrogen-bond acceptors (Lipinski definition) is 1. The summed E-state index contributed by atoms with van der Waals surface area (Å²) in [5, 5.41) is 2.75. The van der Waals surface area contributed by atoms with Crippen LogP contribution in [-0.4, -0.2) is 11.9 Å². The Morgan fingerprint density at radius 1 is 1.11 bits per heavy atom. The van der Waals surface area contributed by atoms with E-state index < -0.39 is 17.5 Å². The Morgan fingerprint density at radius 3 is 2.21 bits per heavy atom. The van der Waals surface area contributed by atoms with Crippen molar-refractivity contribution in [1.82, 2.24) is 5.32 Å². The molecule has 0 aliphatic rings. The third kappa shape index (κ3) is 5.81. The van der Waals surface area contributed by atoms with Crippen molar-refractivity contribution in [2.45, 2.75) is 46.1 Å². The van der Waals surface area contributed by atoms with Gasteiger partial charge in [0.2, 0.25) is 0 Å². The maximum absolute atomic E-state index is 13.0. The lowest BCUT2D eigenvalue weighted by Gasteiger charge is -2.14. The number of rotatable bonds is 6. The summed E-state index contributed by atoms with van der Waals surface area (Å²) in [5.74, 6) is -1.27. The molecule has 1 aromatic rings. The average molecular weight is 269 g/mol. The Kier molecular flexibility index (Phi) is 5.93. The topological polar surface area (TPSA) is 29.1 Å². The van der Waals surface area contributed by atoms with Crippen molar-refractivity contribution in [3.05, 3.63) is 35.4 Å². The molecular formula is C15H21F2NO. The van der Waals surface area contributed by atoms with Gasteiger partial charge in [0, 0.05) is 17.7 Å². The van der Waals surface area contributed by atoms with E-state index in [-0.39, 0.29) is 11.6 Å². The van der Waals surface area contributed by atoms with E-state index in [0.29, 0.717) is 5.92 Å². The number of benzene rings is 1. The van der Waals surface area contributed by atoms with Gasteiger partial charge in [-0.1, -0.05) is 26.7 Å². The van der Waals surface area contributed by atoms with Gasteiger partial charge < -0.3 is 5.32 Å². The molecule has 0 aromatic heterocycles. The first kappa shape index (κ1) is 15.6. The predicted octanol–water partition coefficient (Wildman–Crippen LogP) is 3.91. The van der Waals surface area contributed by atoms with E-state index in [1.807, 2.05) is 6.92 Å². The molecule has 0 radical (unpaired) electrons. The van der Waals surface area contributed by atoms with Gasteiger partial charge in [-0.3, -0.25) is 4.79 Å². The fraction of sp³-hybridized carbons (Fsp3) is 0.533. The van der Waals surface area contributed by atoms with Gasteiger partial charge in [0.15, 0.2) is 0 Å². The van der Waals surface area contributed by atoms with E-state index in [1.54, 1.807) is 0 Å². The first-order valence-electron chi connectivity index (χ1n) is 6.65. The van der Waals surface area contributed by atoms with Crippen molar-refractivity contribution in [2.24, 2.45) is 5.92 Å². The standard InChI is InChI=1S/C15H21F2NO/c1-10(2)5-4-6-11(3)18-15(19)12-7-13(16)9-14(17)8-12/h7-11H,4-6H2,1-3H3,(H,18,19). The molecule has 2 nitrogen and oxygen atoms in total. The minimum atomic E-state index is -0.738. The van der Waals surface area contributed by atoms with E-state index in [4.69, 9.17) is 0 Å². The zero-order valence-electron chi connectivity index (χ0n) is 11.7. The summed E-state index contributed by atoms with van der Waals surface area (Å²) >= 11 is 0. The Bertz CT molecular complexity index is 412. The van der Waals surface area contributed by atoms with Crippen LogP contribution in [0.5, 0.6) is 0 Å². The van der Waals surface area contributed by atoms with Crippen LogP contribution in [0, 0.1) is 17.6 Å². The Balaban J connectivity index is 2.49. The van der Waals surface area contributed by atoms with Gasteiger partial charge in [0.25, 0.3) is 5.91 Å². The molecule has 1 N–H and O–H groups in total. The third-order valence-electron chi connectivity index (χ3n) is 2.92. The number of carbonyl (C=O) groups is 1. The minimum Gasteiger partial charge on any atom is -0.350 e. The fourth-order valence-corrected chi connectivity index (χ4v) is 1.90. The van der Waals surface area contributed by atoms with Crippen LogP contribution in [0.4, 0.5) is 8.78 Å². The van der Waals surface area contributed by atoms with Gasteiger partial charge in [-0.05, 0) is 31.4 Å². The molecule has 0 saturated carbocycles. The summed E-state index contributed by atoms with van der Waals surface area (Å²) in [7, 11) is 0. The summed E-state index contributed by atoms with van der Waals surface area (Å²) in [4.78, 5) is 11.8. The van der Waals surface area contributed by atoms with Gasteiger partial charge in [0.05, 0.1) is 0 Å². The van der Waals surface area contributed by atoms with E-state index in [2.05, 4.69) is 19.2 Å². The second kappa shape index (κ2) is 7.22. The molecule has 0 spiro atoms. The second-order valence-corrected chi connectivity index (χ2v) is 5.36. The highest BCUT2D eigenvalue weighted by Crippen LogP contribution is 2.10. The lowest BCUT2D eigenvalue weighted by Crippen LogP contribution is -2.32. The molecule has 1 unspecified atom stereocenters. The molecule has 1 amide bonds. The van der Waals surface area contributed by atoms with Crippen LogP contribution in [0.2, 0.25) is 0 Å². The molecule has 1 aromatic carbocycles. The fourth-order valence-electron chi connectivity index (χ4n) is 1.90. The van der Waals surface area contributed by atoms with Gasteiger partial charge in [-0.15, -0.1) is 0 Å². The van der Waals surface area contributed by atoms with Crippen LogP contribution in [0.3, 0.4) is 0 Å². The molecule has 106 valence electrons. The first-order chi connectivity index (χ1) is 8.88. The van der Waals surface area contributed by atoms with Crippen molar-refractivity contribution in [3.63, 3.8) is 0 Å². The number of halogens is 2. The molecule has 0 heterocycles. The van der Waals surface area contributed by atoms with Gasteiger partial charge in [-0.2, -0.15) is 0 Å². The van der Waals surface area contributed by atoms with Crippen molar-refractivity contribution in [2.75, 3.05) is 0 Å². The van der Waals surface area contributed by atoms with Gasteiger partial charge in [0.1, 0.15) is 11.6 Å². The van der Waals surface area contributed by atoms with Crippen LogP contribution < -0.4 is 5.32 Å². The number of hydrogen-bond donors (Lipinski definition) is 1. The van der Waals surface area contributed by atoms with E-state index >= 15 is 0 Å². The van der Waals surface area contributed by atoms with Crippen molar-refractivity contribution >= 4 is 5.91 Å². The summed E-state index contributed by atoms with van der Waals surface area (Å²) in [5.41, 5.74) is 0.0215. The zero-order chi connectivity index (χ0) is 14.4. The Morgan fingerprint density at radius 2 is 1.68 bits per heavy atom. The monoisotopic (exact) mass is 269 g/mol. The summed E-state index contributed by atoms with van der Waals surface area (Å²) in [6.45, 7) is 6.20. The van der Waals surface area contributed by atoms with E-state index in [1.165, 1.54) is 0 Å². The highest BCUT2D eigenvalue weighted by Gasteiger charge is 2.12. The highest BCUT2D eigenvalue weighted by molar-refractivity contribution is 5.94. The van der Waals surface area contributed by atoms with E-state index in [9.17, 15) is 13.6 Å². The number of amides is 1. The molecule has 4 heteroatoms. The molecule has 0 fully saturated rings. The number of nitrogens with one attached hydrogen (secondary N) is 1. The SMILES string of the molecule is CC(C)CCCC(C)NC(=O)c1cc(F)cc(F)c1. The predicted molar refractivity (Wildman–Crippen MR) is 72.0 cm³/mol. The molecule has 0 aliphatic heterocycles. The lowest BCUT2D eigenvalue weighted by molar-refractivity contribution is 0.0937. The summed E-state index contributed by atoms with van der Waals surface area (Å²) in [6, 6.07) is 2.83. The highest BCUT2D eigenvalue weighted by atomic mass is 19.1. The van der Waals surface area contributed by atoms with Crippen LogP contribution in [0.25, 0.3) is 0 Å². The van der Waals surface area contributed by atoms with Crippen molar-refractivity contribution < 1.29 is 13.6 Å². The maximum atomic E-state index is 13.0. The largest absolute Gasteiger partial charge is 0.350 e. The molecule has 0 saturated heterocycles. The molecular weight excluding hydrogens is 248 g/mol. The van der Waals surface area contributed by atoms with Crippen LogP contribution >= 0.6 is 0 Å². The second-order valence-electron chi connectivity index (χ2n) is 5.36. The normalized spacial score (nSPS) is 12.5. The molecule has 1 rings (SSSR count). The van der Waals surface area contributed by atoms with Crippen LogP contribution in [0.1, 0.15) is 50.4 Å². The maximum Gasteiger partial charge on any atom is 0.251 e. The molecule has 1 atom stereocenters.